The number of hydrogen-bond acceptors (Lipinski definition) is 3. The minimum absolute atomic E-state index is 0.0439. The zero-order chi connectivity index (χ0) is 13.4. The largest absolute Gasteiger partial charge is 0.458 e. The summed E-state index contributed by atoms with van der Waals surface area (Å²) in [4.78, 5) is 0. The van der Waals surface area contributed by atoms with Gasteiger partial charge in [0.2, 0.25) is 0 Å². The molecule has 2 aromatic rings. The van der Waals surface area contributed by atoms with Crippen LogP contribution >= 0.6 is 0 Å². The molecule has 3 heteroatoms. The van der Waals surface area contributed by atoms with Gasteiger partial charge in [0.1, 0.15) is 17.4 Å². The highest BCUT2D eigenvalue weighted by Crippen LogP contribution is 2.40. The lowest BCUT2D eigenvalue weighted by molar-refractivity contribution is 0.00625. The molecule has 1 N–H and O–H groups in total. The van der Waals surface area contributed by atoms with Gasteiger partial charge in [0.25, 0.3) is 0 Å². The van der Waals surface area contributed by atoms with Crippen molar-refractivity contribution in [3.8, 4) is 0 Å². The molecule has 106 valence electrons. The van der Waals surface area contributed by atoms with Crippen molar-refractivity contribution < 1.29 is 9.15 Å². The highest BCUT2D eigenvalue weighted by atomic mass is 16.5. The summed E-state index contributed by atoms with van der Waals surface area (Å²) in [5.74, 6) is 0.953. The molecule has 1 atom stereocenters. The number of benzene rings is 1. The van der Waals surface area contributed by atoms with Gasteiger partial charge in [-0.05, 0) is 25.0 Å². The van der Waals surface area contributed by atoms with Crippen LogP contribution in [0.1, 0.15) is 37.5 Å². The van der Waals surface area contributed by atoms with Crippen LogP contribution in [0.15, 0.2) is 34.7 Å². The van der Waals surface area contributed by atoms with Gasteiger partial charge in [-0.15, -0.1) is 0 Å². The molecule has 0 bridgehead atoms. The van der Waals surface area contributed by atoms with Crippen molar-refractivity contribution in [2.45, 2.75) is 31.8 Å². The van der Waals surface area contributed by atoms with Gasteiger partial charge in [-0.3, -0.25) is 0 Å². The fraction of sp³-hybridized carbons (Fsp3) is 0.529. The number of nitrogens with one attached hydrogen (secondary N) is 1. The maximum absolute atomic E-state index is 6.20. The second kappa shape index (κ2) is 4.90. The summed E-state index contributed by atoms with van der Waals surface area (Å²) in [5, 5.41) is 4.75. The van der Waals surface area contributed by atoms with E-state index in [0.29, 0.717) is 5.41 Å². The molecular weight excluding hydrogens is 250 g/mol. The molecule has 0 amide bonds. The van der Waals surface area contributed by atoms with Crippen LogP contribution in [0.25, 0.3) is 11.0 Å². The third-order valence-corrected chi connectivity index (χ3v) is 4.85. The van der Waals surface area contributed by atoms with Gasteiger partial charge in [-0.1, -0.05) is 31.0 Å². The van der Waals surface area contributed by atoms with E-state index in [4.69, 9.17) is 9.15 Å². The van der Waals surface area contributed by atoms with E-state index in [-0.39, 0.29) is 6.10 Å². The van der Waals surface area contributed by atoms with Crippen LogP contribution < -0.4 is 5.32 Å². The molecule has 1 saturated carbocycles. The predicted molar refractivity (Wildman–Crippen MR) is 78.7 cm³/mol. The molecule has 1 aromatic heterocycles. The van der Waals surface area contributed by atoms with Crippen molar-refractivity contribution in [1.82, 2.24) is 5.32 Å². The smallest absolute Gasteiger partial charge is 0.135 e. The predicted octanol–water partition coefficient (Wildman–Crippen LogP) is 3.65. The molecule has 1 aliphatic heterocycles. The lowest BCUT2D eigenvalue weighted by atomic mass is 9.87. The molecule has 2 fully saturated rings. The van der Waals surface area contributed by atoms with Crippen molar-refractivity contribution in [2.24, 2.45) is 5.41 Å². The van der Waals surface area contributed by atoms with Gasteiger partial charge < -0.3 is 14.5 Å². The minimum Gasteiger partial charge on any atom is -0.458 e. The molecule has 1 saturated heterocycles. The molecule has 2 heterocycles. The summed E-state index contributed by atoms with van der Waals surface area (Å²) < 4.78 is 12.1. The van der Waals surface area contributed by atoms with Crippen LogP contribution in [-0.4, -0.2) is 19.7 Å². The van der Waals surface area contributed by atoms with E-state index in [1.54, 1.807) is 0 Å². The Labute approximate surface area is 119 Å². The van der Waals surface area contributed by atoms with Crippen LogP contribution in [0.5, 0.6) is 0 Å². The highest BCUT2D eigenvalue weighted by molar-refractivity contribution is 5.77. The second-order valence-corrected chi connectivity index (χ2v) is 6.32. The second-order valence-electron chi connectivity index (χ2n) is 6.32. The molecule has 1 spiro atoms. The SMILES string of the molecule is c1ccc2oc(C3CNCC4(CCCC4)CO3)cc2c1. The van der Waals surface area contributed by atoms with Crippen molar-refractivity contribution >= 4 is 11.0 Å². The first kappa shape index (κ1) is 12.4. The Balaban J connectivity index is 1.56. The monoisotopic (exact) mass is 271 g/mol. The zero-order valence-electron chi connectivity index (χ0n) is 11.7. The van der Waals surface area contributed by atoms with Crippen LogP contribution in [0, 0.1) is 5.41 Å². The molecule has 4 rings (SSSR count). The van der Waals surface area contributed by atoms with Crippen molar-refractivity contribution in [1.29, 1.82) is 0 Å². The highest BCUT2D eigenvalue weighted by Gasteiger charge is 2.37. The number of fused-ring (bicyclic) bond motifs is 1. The standard InChI is InChI=1S/C17H21NO2/c1-2-6-14-13(5-1)9-15(20-14)16-10-18-11-17(12-19-16)7-3-4-8-17/h1-2,5-6,9,16,18H,3-4,7-8,10-12H2. The molecule has 20 heavy (non-hydrogen) atoms. The van der Waals surface area contributed by atoms with E-state index < -0.39 is 0 Å². The van der Waals surface area contributed by atoms with Gasteiger partial charge in [0.05, 0.1) is 6.61 Å². The first-order valence-electron chi connectivity index (χ1n) is 7.66. The maximum atomic E-state index is 6.20. The zero-order valence-corrected chi connectivity index (χ0v) is 11.7. The average molecular weight is 271 g/mol. The van der Waals surface area contributed by atoms with Crippen LogP contribution in [0.4, 0.5) is 0 Å². The van der Waals surface area contributed by atoms with E-state index in [1.165, 1.54) is 25.7 Å². The van der Waals surface area contributed by atoms with E-state index in [0.717, 1.165) is 36.4 Å². The van der Waals surface area contributed by atoms with Crippen LogP contribution in [0.2, 0.25) is 0 Å². The lowest BCUT2D eigenvalue weighted by Gasteiger charge is -2.26. The third kappa shape index (κ3) is 2.15. The van der Waals surface area contributed by atoms with Gasteiger partial charge >= 0.3 is 0 Å². The maximum Gasteiger partial charge on any atom is 0.135 e. The molecule has 0 radical (unpaired) electrons. The third-order valence-electron chi connectivity index (χ3n) is 4.85. The normalized spacial score (nSPS) is 26.1. The molecule has 1 aromatic carbocycles. The summed E-state index contributed by atoms with van der Waals surface area (Å²) in [6.07, 6.45) is 5.34. The molecule has 2 aliphatic rings. The number of furan rings is 1. The van der Waals surface area contributed by atoms with Crippen LogP contribution in [0.3, 0.4) is 0 Å². The fourth-order valence-electron chi connectivity index (χ4n) is 3.65. The van der Waals surface area contributed by atoms with E-state index in [1.807, 2.05) is 18.2 Å². The molecule has 1 unspecified atom stereocenters. The Morgan fingerprint density at radius 3 is 2.85 bits per heavy atom. The van der Waals surface area contributed by atoms with Crippen molar-refractivity contribution in [2.75, 3.05) is 19.7 Å². The van der Waals surface area contributed by atoms with Gasteiger partial charge in [-0.2, -0.15) is 0 Å². The summed E-state index contributed by atoms with van der Waals surface area (Å²) in [6.45, 7) is 2.80. The number of ether oxygens (including phenoxy) is 1. The van der Waals surface area contributed by atoms with E-state index in [9.17, 15) is 0 Å². The Kier molecular flexibility index (Phi) is 3.04. The lowest BCUT2D eigenvalue weighted by Crippen LogP contribution is -2.32. The summed E-state index contributed by atoms with van der Waals surface area (Å²) in [7, 11) is 0. The Hall–Kier alpha value is -1.32. The molecule has 1 aliphatic carbocycles. The fourth-order valence-corrected chi connectivity index (χ4v) is 3.65. The number of hydrogen-bond donors (Lipinski definition) is 1. The Bertz CT molecular complexity index is 565. The van der Waals surface area contributed by atoms with Gasteiger partial charge in [0.15, 0.2) is 0 Å². The quantitative estimate of drug-likeness (QED) is 0.859. The first-order chi connectivity index (χ1) is 9.85. The van der Waals surface area contributed by atoms with Crippen LogP contribution in [-0.2, 0) is 4.74 Å². The first-order valence-corrected chi connectivity index (χ1v) is 7.66. The van der Waals surface area contributed by atoms with E-state index >= 15 is 0 Å². The average Bonchev–Trinajstić information content (AvgIpc) is 3.03. The topological polar surface area (TPSA) is 34.4 Å². The number of para-hydroxylation sites is 1. The minimum atomic E-state index is 0.0439. The Morgan fingerprint density at radius 1 is 1.15 bits per heavy atom. The Morgan fingerprint density at radius 2 is 2.00 bits per heavy atom. The van der Waals surface area contributed by atoms with Crippen molar-refractivity contribution in [3.05, 3.63) is 36.1 Å². The van der Waals surface area contributed by atoms with Gasteiger partial charge in [0, 0.05) is 23.9 Å². The number of rotatable bonds is 1. The summed E-state index contributed by atoms with van der Waals surface area (Å²) in [6, 6.07) is 10.3. The van der Waals surface area contributed by atoms with Crippen molar-refractivity contribution in [3.63, 3.8) is 0 Å². The van der Waals surface area contributed by atoms with Gasteiger partial charge in [-0.25, -0.2) is 0 Å². The molecule has 3 nitrogen and oxygen atoms in total. The summed E-state index contributed by atoms with van der Waals surface area (Å²) in [5.41, 5.74) is 1.33. The summed E-state index contributed by atoms with van der Waals surface area (Å²) >= 11 is 0. The molecular formula is C17H21NO2. The van der Waals surface area contributed by atoms with E-state index in [2.05, 4.69) is 17.4 Å².